The molecular formula is C12H13F3N2O4S. The predicted octanol–water partition coefficient (Wildman–Crippen LogP) is 0.975. The van der Waals surface area contributed by atoms with E-state index in [1.807, 2.05) is 0 Å². The Hall–Kier alpha value is -1.81. The highest BCUT2D eigenvalue weighted by molar-refractivity contribution is 7.89. The van der Waals surface area contributed by atoms with Crippen molar-refractivity contribution in [3.05, 3.63) is 29.8 Å². The van der Waals surface area contributed by atoms with E-state index >= 15 is 0 Å². The molecule has 122 valence electrons. The Bertz CT molecular complexity index is 658. The molecule has 2 rings (SSSR count). The zero-order chi connectivity index (χ0) is 16.5. The highest BCUT2D eigenvalue weighted by Gasteiger charge is 2.36. The van der Waals surface area contributed by atoms with Gasteiger partial charge in [-0.25, -0.2) is 13.6 Å². The molecule has 22 heavy (non-hydrogen) atoms. The largest absolute Gasteiger partial charge is 0.573 e. The van der Waals surface area contributed by atoms with Crippen molar-refractivity contribution in [2.24, 2.45) is 5.14 Å². The van der Waals surface area contributed by atoms with Crippen LogP contribution in [0.1, 0.15) is 12.0 Å². The second kappa shape index (κ2) is 5.76. The van der Waals surface area contributed by atoms with Gasteiger partial charge in [0.25, 0.3) is 0 Å². The van der Waals surface area contributed by atoms with Crippen LogP contribution < -0.4 is 9.88 Å². The summed E-state index contributed by atoms with van der Waals surface area (Å²) in [4.78, 5) is 13.0. The van der Waals surface area contributed by atoms with Gasteiger partial charge in [-0.1, -0.05) is 12.1 Å². The molecule has 1 unspecified atom stereocenters. The Morgan fingerprint density at radius 1 is 1.27 bits per heavy atom. The number of nitrogens with zero attached hydrogens (tertiary/aromatic N) is 1. The van der Waals surface area contributed by atoms with Crippen molar-refractivity contribution in [2.45, 2.75) is 24.6 Å². The van der Waals surface area contributed by atoms with Crippen molar-refractivity contribution in [3.8, 4) is 5.75 Å². The number of rotatable bonds is 4. The molecule has 1 aromatic rings. The zero-order valence-corrected chi connectivity index (χ0v) is 12.0. The number of carbonyl (C=O) groups excluding carboxylic acids is 1. The van der Waals surface area contributed by atoms with Gasteiger partial charge in [-0.2, -0.15) is 0 Å². The molecule has 0 aromatic heterocycles. The van der Waals surface area contributed by atoms with Crippen molar-refractivity contribution in [1.82, 2.24) is 4.90 Å². The summed E-state index contributed by atoms with van der Waals surface area (Å²) in [5.41, 5.74) is 0.554. The minimum absolute atomic E-state index is 0.0293. The van der Waals surface area contributed by atoms with Gasteiger partial charge in [0.15, 0.2) is 0 Å². The number of sulfonamides is 1. The molecule has 1 aromatic carbocycles. The molecule has 1 aliphatic heterocycles. The third-order valence-electron chi connectivity index (χ3n) is 3.17. The van der Waals surface area contributed by atoms with Crippen LogP contribution in [0.5, 0.6) is 5.75 Å². The number of likely N-dealkylation sites (tertiary alicyclic amines) is 1. The molecule has 1 heterocycles. The van der Waals surface area contributed by atoms with Gasteiger partial charge in [0, 0.05) is 19.5 Å². The average Bonchev–Trinajstić information content (AvgIpc) is 2.72. The summed E-state index contributed by atoms with van der Waals surface area (Å²) in [5.74, 6) is -0.735. The summed E-state index contributed by atoms with van der Waals surface area (Å²) in [6, 6.07) is 5.00. The van der Waals surface area contributed by atoms with Gasteiger partial charge in [-0.15, -0.1) is 13.2 Å². The van der Waals surface area contributed by atoms with E-state index in [1.165, 1.54) is 17.0 Å². The van der Waals surface area contributed by atoms with E-state index in [-0.39, 0.29) is 31.2 Å². The Kier molecular flexibility index (Phi) is 4.34. The van der Waals surface area contributed by atoms with Gasteiger partial charge < -0.3 is 9.64 Å². The van der Waals surface area contributed by atoms with Gasteiger partial charge in [-0.05, 0) is 17.7 Å². The molecule has 0 saturated carbocycles. The first kappa shape index (κ1) is 16.6. The number of carbonyl (C=O) groups is 1. The third kappa shape index (κ3) is 4.34. The monoisotopic (exact) mass is 338 g/mol. The zero-order valence-electron chi connectivity index (χ0n) is 11.2. The number of alkyl halides is 3. The highest BCUT2D eigenvalue weighted by atomic mass is 32.2. The van der Waals surface area contributed by atoms with Crippen LogP contribution in [-0.2, 0) is 21.4 Å². The summed E-state index contributed by atoms with van der Waals surface area (Å²) in [5, 5.41) is 4.06. The van der Waals surface area contributed by atoms with E-state index in [0.29, 0.717) is 5.56 Å². The van der Waals surface area contributed by atoms with Crippen LogP contribution in [0.3, 0.4) is 0 Å². The average molecular weight is 338 g/mol. The molecular weight excluding hydrogens is 325 g/mol. The summed E-state index contributed by atoms with van der Waals surface area (Å²) in [7, 11) is -3.80. The summed E-state index contributed by atoms with van der Waals surface area (Å²) < 4.78 is 62.3. The molecule has 2 N–H and O–H groups in total. The number of amides is 1. The minimum Gasteiger partial charge on any atom is -0.406 e. The van der Waals surface area contributed by atoms with E-state index < -0.39 is 21.6 Å². The molecule has 0 spiro atoms. The first-order chi connectivity index (χ1) is 10.0. The number of hydrogen-bond donors (Lipinski definition) is 1. The standard InChI is InChI=1S/C12H13F3N2O4S/c13-12(14,15)21-9-3-1-8(2-4-9)6-17-7-10(5-11(17)18)22(16,19)20/h1-4,10H,5-7H2,(H2,16,19,20). The molecule has 6 nitrogen and oxygen atoms in total. The van der Waals surface area contributed by atoms with Crippen molar-refractivity contribution in [2.75, 3.05) is 6.54 Å². The summed E-state index contributed by atoms with van der Waals surface area (Å²) >= 11 is 0. The molecule has 10 heteroatoms. The molecule has 0 bridgehead atoms. The van der Waals surface area contributed by atoms with Gasteiger partial charge in [0.05, 0.1) is 0 Å². The SMILES string of the molecule is NS(=O)(=O)C1CC(=O)N(Cc2ccc(OC(F)(F)F)cc2)C1. The lowest BCUT2D eigenvalue weighted by Gasteiger charge is -2.16. The van der Waals surface area contributed by atoms with Gasteiger partial charge in [0.1, 0.15) is 11.0 Å². The normalized spacial score (nSPS) is 19.5. The maximum Gasteiger partial charge on any atom is 0.573 e. The van der Waals surface area contributed by atoms with Crippen LogP contribution in [0.2, 0.25) is 0 Å². The fourth-order valence-corrected chi connectivity index (χ4v) is 2.89. The van der Waals surface area contributed by atoms with Gasteiger partial charge in [-0.3, -0.25) is 4.79 Å². The van der Waals surface area contributed by atoms with Crippen molar-refractivity contribution >= 4 is 15.9 Å². The predicted molar refractivity (Wildman–Crippen MR) is 70.1 cm³/mol. The fraction of sp³-hybridized carbons (Fsp3) is 0.417. The Labute approximate surface area is 124 Å². The van der Waals surface area contributed by atoms with E-state index in [4.69, 9.17) is 5.14 Å². The molecule has 1 saturated heterocycles. The molecule has 0 aliphatic carbocycles. The molecule has 1 aliphatic rings. The molecule has 1 atom stereocenters. The second-order valence-electron chi connectivity index (χ2n) is 4.88. The van der Waals surface area contributed by atoms with Gasteiger partial charge in [0.2, 0.25) is 15.9 Å². The quantitative estimate of drug-likeness (QED) is 0.886. The third-order valence-corrected chi connectivity index (χ3v) is 4.42. The molecule has 1 amide bonds. The van der Waals surface area contributed by atoms with Crippen LogP contribution in [0.15, 0.2) is 24.3 Å². The smallest absolute Gasteiger partial charge is 0.406 e. The first-order valence-corrected chi connectivity index (χ1v) is 7.79. The first-order valence-electron chi connectivity index (χ1n) is 6.19. The molecule has 0 radical (unpaired) electrons. The number of halogens is 3. The second-order valence-corrected chi connectivity index (χ2v) is 6.73. The van der Waals surface area contributed by atoms with Crippen LogP contribution in [-0.4, -0.2) is 37.4 Å². The number of benzene rings is 1. The lowest BCUT2D eigenvalue weighted by Crippen LogP contribution is -2.31. The molecule has 1 fully saturated rings. The van der Waals surface area contributed by atoms with E-state index in [9.17, 15) is 26.4 Å². The number of hydrogen-bond acceptors (Lipinski definition) is 4. The van der Waals surface area contributed by atoms with E-state index in [1.54, 1.807) is 0 Å². The number of ether oxygens (including phenoxy) is 1. The summed E-state index contributed by atoms with van der Waals surface area (Å²) in [6.45, 7) is 0.0651. The van der Waals surface area contributed by atoms with Gasteiger partial charge >= 0.3 is 6.36 Å². The fourth-order valence-electron chi connectivity index (χ4n) is 2.13. The van der Waals surface area contributed by atoms with Crippen LogP contribution >= 0.6 is 0 Å². The number of nitrogens with two attached hydrogens (primary N) is 1. The lowest BCUT2D eigenvalue weighted by molar-refractivity contribution is -0.274. The van der Waals surface area contributed by atoms with Crippen molar-refractivity contribution < 1.29 is 31.1 Å². The Morgan fingerprint density at radius 3 is 2.32 bits per heavy atom. The van der Waals surface area contributed by atoms with Crippen LogP contribution in [0.25, 0.3) is 0 Å². The topological polar surface area (TPSA) is 89.7 Å². The van der Waals surface area contributed by atoms with Crippen LogP contribution in [0.4, 0.5) is 13.2 Å². The maximum absolute atomic E-state index is 12.0. The van der Waals surface area contributed by atoms with Crippen LogP contribution in [0, 0.1) is 0 Å². The highest BCUT2D eigenvalue weighted by Crippen LogP contribution is 2.24. The lowest BCUT2D eigenvalue weighted by atomic mass is 10.2. The minimum atomic E-state index is -4.77. The Morgan fingerprint density at radius 2 is 1.86 bits per heavy atom. The maximum atomic E-state index is 12.0. The van der Waals surface area contributed by atoms with E-state index in [0.717, 1.165) is 12.1 Å². The van der Waals surface area contributed by atoms with E-state index in [2.05, 4.69) is 4.74 Å². The number of primary sulfonamides is 1. The summed E-state index contributed by atoms with van der Waals surface area (Å²) in [6.07, 6.45) is -4.96. The van der Waals surface area contributed by atoms with Crippen molar-refractivity contribution in [1.29, 1.82) is 0 Å². The van der Waals surface area contributed by atoms with Crippen molar-refractivity contribution in [3.63, 3.8) is 0 Å². The Balaban J connectivity index is 2.01.